The molecule has 26 heteroatoms. The highest BCUT2D eigenvalue weighted by molar-refractivity contribution is 7.92. The summed E-state index contributed by atoms with van der Waals surface area (Å²) < 4.78 is 175. The Labute approximate surface area is 407 Å². The molecule has 2 saturated carbocycles. The lowest BCUT2D eigenvalue weighted by Gasteiger charge is -2.42. The first-order valence-electron chi connectivity index (χ1n) is 21.8. The summed E-state index contributed by atoms with van der Waals surface area (Å²) in [5.41, 5.74) is -3.29. The summed E-state index contributed by atoms with van der Waals surface area (Å²) in [6.45, 7) is 1.78. The predicted octanol–water partition coefficient (Wildman–Crippen LogP) is 6.33. The molecule has 2 N–H and O–H groups in total. The van der Waals surface area contributed by atoms with Gasteiger partial charge in [0.25, 0.3) is 34.4 Å². The first-order chi connectivity index (χ1) is 33.0. The van der Waals surface area contributed by atoms with Gasteiger partial charge >= 0.3 is 0 Å². The zero-order chi connectivity index (χ0) is 51.7. The third kappa shape index (κ3) is 8.54. The average Bonchev–Trinajstić information content (AvgIpc) is 4.15. The van der Waals surface area contributed by atoms with Gasteiger partial charge in [-0.05, 0) is 94.0 Å². The summed E-state index contributed by atoms with van der Waals surface area (Å²) in [5, 5.41) is 3.80. The normalized spacial score (nSPS) is 24.7. The first kappa shape index (κ1) is 50.4. The van der Waals surface area contributed by atoms with Gasteiger partial charge in [-0.25, -0.2) is 53.2 Å². The van der Waals surface area contributed by atoms with Crippen molar-refractivity contribution in [2.75, 3.05) is 12.8 Å². The Kier molecular flexibility index (Phi) is 12.1. The minimum absolute atomic E-state index is 0.113. The molecule has 1 saturated heterocycles. The summed E-state index contributed by atoms with van der Waals surface area (Å²) in [6.07, 6.45) is -3.38. The zero-order valence-corrected chi connectivity index (χ0v) is 40.1. The number of hydrogen-bond donors (Lipinski definition) is 2. The number of carbonyl (C=O) groups excluding carboxylic acids is 1. The van der Waals surface area contributed by atoms with Crippen molar-refractivity contribution in [1.29, 1.82) is 0 Å². The van der Waals surface area contributed by atoms with Crippen LogP contribution in [0.4, 0.5) is 35.1 Å². The van der Waals surface area contributed by atoms with Gasteiger partial charge in [0.2, 0.25) is 5.91 Å². The maximum atomic E-state index is 15.9. The van der Waals surface area contributed by atoms with Crippen LogP contribution in [0.5, 0.6) is 0 Å². The number of rotatable bonds is 13. The average molecular weight is 1050 g/mol. The van der Waals surface area contributed by atoms with Crippen LogP contribution in [-0.4, -0.2) is 95.5 Å². The maximum absolute atomic E-state index is 15.9. The Morgan fingerprint density at radius 3 is 2.37 bits per heavy atom. The molecule has 3 heterocycles. The number of fused-ring (bicyclic) bond motifs is 5. The number of allylic oxidation sites excluding steroid dienone is 2. The SMILES string of the molecule is [B][C@@]12CC1c1c(C(F)F)nn(CC(=O)N[C@@H](Cc3cc(F)cc(F)c3)c3nc4cc(C#CC(C)(C)S(C)(=O)=O)ccc4c(=O)n3C3=CC=C(Cl)C4C(=NS(=O)(=O)C5CC5)NN(CC(F)F)C34C)c1C2(F)F. The van der Waals surface area contributed by atoms with Gasteiger partial charge in [0.15, 0.2) is 9.84 Å². The van der Waals surface area contributed by atoms with E-state index in [1.54, 1.807) is 0 Å². The van der Waals surface area contributed by atoms with Gasteiger partial charge in [-0.3, -0.25) is 18.8 Å². The van der Waals surface area contributed by atoms with Crippen LogP contribution in [0.1, 0.15) is 92.3 Å². The summed E-state index contributed by atoms with van der Waals surface area (Å²) in [7, 11) is -2.01. The van der Waals surface area contributed by atoms with Crippen LogP contribution in [0.3, 0.4) is 0 Å². The number of amidine groups is 1. The number of alkyl halides is 6. The highest BCUT2D eigenvalue weighted by Gasteiger charge is 2.75. The van der Waals surface area contributed by atoms with Crippen LogP contribution < -0.4 is 16.3 Å². The number of amides is 1. The molecular weight excluding hydrogens is 1010 g/mol. The Morgan fingerprint density at radius 1 is 1.07 bits per heavy atom. The number of sulfonamides is 1. The number of benzene rings is 2. The van der Waals surface area contributed by atoms with Gasteiger partial charge in [0.1, 0.15) is 46.0 Å². The fourth-order valence-corrected chi connectivity index (χ4v) is 11.4. The molecule has 2 aromatic heterocycles. The fourth-order valence-electron chi connectivity index (χ4n) is 9.44. The quantitative estimate of drug-likeness (QED) is 0.0874. The highest BCUT2D eigenvalue weighted by atomic mass is 35.5. The number of aromatic nitrogens is 4. The van der Waals surface area contributed by atoms with Gasteiger partial charge in [0.05, 0.1) is 53.7 Å². The number of carbonyl (C=O) groups is 1. The molecule has 5 atom stereocenters. The van der Waals surface area contributed by atoms with E-state index in [1.807, 2.05) is 0 Å². The molecule has 1 aliphatic heterocycles. The summed E-state index contributed by atoms with van der Waals surface area (Å²) >= 11 is 6.80. The topological polar surface area (TPSA) is 178 Å². The van der Waals surface area contributed by atoms with Crippen LogP contribution >= 0.6 is 11.6 Å². The van der Waals surface area contributed by atoms with Gasteiger partial charge in [-0.1, -0.05) is 23.4 Å². The van der Waals surface area contributed by atoms with Gasteiger partial charge in [-0.15, -0.1) is 4.40 Å². The molecule has 0 bridgehead atoms. The second-order valence-electron chi connectivity index (χ2n) is 18.9. The van der Waals surface area contributed by atoms with Gasteiger partial charge < -0.3 is 10.7 Å². The predicted molar refractivity (Wildman–Crippen MR) is 245 cm³/mol. The minimum atomic E-state index is -4.22. The van der Waals surface area contributed by atoms with E-state index in [-0.39, 0.29) is 57.9 Å². The van der Waals surface area contributed by atoms with Gasteiger partial charge in [0, 0.05) is 40.2 Å². The molecule has 71 heavy (non-hydrogen) atoms. The number of sulfone groups is 1. The van der Waals surface area contributed by atoms with E-state index in [0.29, 0.717) is 10.7 Å². The van der Waals surface area contributed by atoms with E-state index < -0.39 is 143 Å². The molecule has 9 rings (SSSR count). The molecule has 0 spiro atoms. The van der Waals surface area contributed by atoms with Crippen molar-refractivity contribution in [1.82, 2.24) is 35.1 Å². The molecule has 1 amide bonds. The van der Waals surface area contributed by atoms with Crippen molar-refractivity contribution in [2.24, 2.45) is 10.3 Å². The standard InChI is InChI=1S/C45H40BClF8N8O6S2/c1-42(2,70(4,66)67)12-11-21-5-8-26-29(15-21)57-40(63(41(26)65)31-10-9-28(47)35-39(60-71(68,69)25-6-7-25)59-62(19-32(50)51)43(31,35)3)30(16-22-13-23(48)17-24(49)14-22)56-33(64)20-61-37-34(36(58-61)38(52)53)27-18-44(27,46)45(37,54)55/h5,8-10,13-15,17,25,27,30,32,35,38H,6-7,16,18-20H2,1-4H3,(H,56,64)(H,59,60)/t27?,30-,35?,43?,44-/m0/s1. The summed E-state index contributed by atoms with van der Waals surface area (Å²) in [5.74, 6) is -5.38. The number of hydrogen-bond acceptors (Lipinski definition) is 9. The number of nitrogens with zero attached hydrogens (tertiary/aromatic N) is 6. The Hall–Kier alpha value is -5.58. The number of nitrogens with one attached hydrogen (secondary N) is 2. The van der Waals surface area contributed by atoms with Gasteiger partial charge in [-0.2, -0.15) is 13.9 Å². The lowest BCUT2D eigenvalue weighted by molar-refractivity contribution is -0.123. The second kappa shape index (κ2) is 17.0. The Bertz CT molecular complexity index is 3410. The summed E-state index contributed by atoms with van der Waals surface area (Å²) in [6, 6.07) is 4.45. The van der Waals surface area contributed by atoms with Crippen LogP contribution in [0.15, 0.2) is 62.8 Å². The van der Waals surface area contributed by atoms with Crippen molar-refractivity contribution < 1.29 is 56.8 Å². The second-order valence-corrected chi connectivity index (χ2v) is 23.8. The number of hydrazine groups is 1. The number of halogens is 9. The lowest BCUT2D eigenvalue weighted by atomic mass is 9.77. The molecule has 3 fully saturated rings. The molecule has 4 aliphatic carbocycles. The largest absolute Gasteiger partial charge is 0.344 e. The summed E-state index contributed by atoms with van der Waals surface area (Å²) in [4.78, 5) is 34.4. The van der Waals surface area contributed by atoms with E-state index in [9.17, 15) is 48.0 Å². The minimum Gasteiger partial charge on any atom is -0.344 e. The van der Waals surface area contributed by atoms with Crippen molar-refractivity contribution >= 4 is 67.7 Å². The van der Waals surface area contributed by atoms with Crippen LogP contribution in [0.25, 0.3) is 16.6 Å². The molecular formula is C45H40BClF8N8O6S2. The Balaban J connectivity index is 1.25. The Morgan fingerprint density at radius 2 is 1.75 bits per heavy atom. The molecule has 2 radical (unpaired) electrons. The molecule has 374 valence electrons. The van der Waals surface area contributed by atoms with E-state index >= 15 is 13.6 Å². The van der Waals surface area contributed by atoms with E-state index in [2.05, 4.69) is 32.1 Å². The van der Waals surface area contributed by atoms with Crippen LogP contribution in [0.2, 0.25) is 5.31 Å². The zero-order valence-electron chi connectivity index (χ0n) is 37.8. The van der Waals surface area contributed by atoms with E-state index in [4.69, 9.17) is 24.4 Å². The van der Waals surface area contributed by atoms with Crippen molar-refractivity contribution in [2.45, 2.75) is 105 Å². The third-order valence-corrected chi connectivity index (χ3v) is 17.7. The van der Waals surface area contributed by atoms with Crippen molar-refractivity contribution in [3.8, 4) is 11.8 Å². The highest BCUT2D eigenvalue weighted by Crippen LogP contribution is 2.80. The smallest absolute Gasteiger partial charge is 0.288 e. The molecule has 4 aromatic rings. The molecule has 14 nitrogen and oxygen atoms in total. The lowest BCUT2D eigenvalue weighted by Crippen LogP contribution is -2.54. The molecule has 2 aromatic carbocycles. The monoisotopic (exact) mass is 1050 g/mol. The van der Waals surface area contributed by atoms with Crippen LogP contribution in [-0.2, 0) is 43.5 Å². The van der Waals surface area contributed by atoms with Crippen LogP contribution in [0, 0.1) is 29.4 Å². The molecule has 3 unspecified atom stereocenters. The van der Waals surface area contributed by atoms with E-state index in [1.165, 1.54) is 51.1 Å². The third-order valence-electron chi connectivity index (χ3n) is 13.7. The van der Waals surface area contributed by atoms with E-state index in [0.717, 1.165) is 28.0 Å². The van der Waals surface area contributed by atoms with Crippen molar-refractivity contribution in [3.63, 3.8) is 0 Å². The maximum Gasteiger partial charge on any atom is 0.288 e. The fraction of sp³-hybridized carbons (Fsp3) is 0.444. The van der Waals surface area contributed by atoms with Crippen molar-refractivity contribution in [3.05, 3.63) is 109 Å². The first-order valence-corrected chi connectivity index (χ1v) is 25.6. The molecule has 5 aliphatic rings.